The molecular formula is C13H12Cl2N2O. The van der Waals surface area contributed by atoms with Crippen LogP contribution in [0, 0.1) is 0 Å². The highest BCUT2D eigenvalue weighted by Gasteiger charge is 2.07. The summed E-state index contributed by atoms with van der Waals surface area (Å²) in [6.07, 6.45) is 1.61. The molecule has 2 aromatic rings. The summed E-state index contributed by atoms with van der Waals surface area (Å²) >= 11 is 11.9. The van der Waals surface area contributed by atoms with Gasteiger partial charge in [-0.05, 0) is 31.2 Å². The first kappa shape index (κ1) is 13.1. The molecule has 2 rings (SSSR count). The molecule has 0 bridgehead atoms. The summed E-state index contributed by atoms with van der Waals surface area (Å²) in [5.41, 5.74) is 6.52. The number of hydrogen-bond donors (Lipinski definition) is 1. The monoisotopic (exact) mass is 282 g/mol. The Morgan fingerprint density at radius 1 is 1.22 bits per heavy atom. The van der Waals surface area contributed by atoms with Crippen LogP contribution in [-0.4, -0.2) is 4.98 Å². The Kier molecular flexibility index (Phi) is 4.07. The van der Waals surface area contributed by atoms with E-state index in [1.807, 2.05) is 13.0 Å². The lowest BCUT2D eigenvalue weighted by molar-refractivity contribution is 0.479. The fourth-order valence-corrected chi connectivity index (χ4v) is 1.74. The van der Waals surface area contributed by atoms with Crippen molar-refractivity contribution >= 4 is 23.2 Å². The Morgan fingerprint density at radius 2 is 2.00 bits per heavy atom. The van der Waals surface area contributed by atoms with E-state index >= 15 is 0 Å². The van der Waals surface area contributed by atoms with Gasteiger partial charge in [-0.1, -0.05) is 29.3 Å². The third-order valence-corrected chi connectivity index (χ3v) is 3.17. The molecule has 1 unspecified atom stereocenters. The molecule has 1 aromatic heterocycles. The number of nitrogens with zero attached hydrogens (tertiary/aromatic N) is 1. The topological polar surface area (TPSA) is 48.1 Å². The standard InChI is InChI=1S/C13H12Cl2N2O/c1-8(16)11-6-5-9(7-17-11)18-12-4-2-3-10(14)13(12)15/h2-8H,16H2,1H3. The zero-order valence-corrected chi connectivity index (χ0v) is 11.2. The maximum atomic E-state index is 6.03. The second kappa shape index (κ2) is 5.57. The van der Waals surface area contributed by atoms with Crippen LogP contribution in [0.2, 0.25) is 10.0 Å². The van der Waals surface area contributed by atoms with Gasteiger partial charge in [-0.3, -0.25) is 4.98 Å². The van der Waals surface area contributed by atoms with Crippen molar-refractivity contribution in [3.8, 4) is 11.5 Å². The second-order valence-corrected chi connectivity index (χ2v) is 4.65. The summed E-state index contributed by atoms with van der Waals surface area (Å²) in [7, 11) is 0. The summed E-state index contributed by atoms with van der Waals surface area (Å²) in [5, 5.41) is 0.838. The van der Waals surface area contributed by atoms with Crippen LogP contribution in [0.25, 0.3) is 0 Å². The van der Waals surface area contributed by atoms with E-state index < -0.39 is 0 Å². The molecular weight excluding hydrogens is 271 g/mol. The summed E-state index contributed by atoms with van der Waals surface area (Å²) < 4.78 is 5.60. The Hall–Kier alpha value is -1.29. The van der Waals surface area contributed by atoms with Gasteiger partial charge in [0.2, 0.25) is 0 Å². The Bertz CT molecular complexity index is 541. The molecule has 5 heteroatoms. The van der Waals surface area contributed by atoms with Crippen LogP contribution < -0.4 is 10.5 Å². The smallest absolute Gasteiger partial charge is 0.147 e. The van der Waals surface area contributed by atoms with E-state index in [-0.39, 0.29) is 6.04 Å². The quantitative estimate of drug-likeness (QED) is 0.918. The SMILES string of the molecule is CC(N)c1ccc(Oc2cccc(Cl)c2Cl)cn1. The lowest BCUT2D eigenvalue weighted by Crippen LogP contribution is -2.06. The van der Waals surface area contributed by atoms with Crippen molar-refractivity contribution in [3.05, 3.63) is 52.3 Å². The molecule has 2 N–H and O–H groups in total. The highest BCUT2D eigenvalue weighted by molar-refractivity contribution is 6.42. The molecule has 1 atom stereocenters. The number of benzene rings is 1. The van der Waals surface area contributed by atoms with Gasteiger partial charge in [0.05, 0.1) is 16.9 Å². The van der Waals surface area contributed by atoms with Crippen molar-refractivity contribution in [3.63, 3.8) is 0 Å². The lowest BCUT2D eigenvalue weighted by Gasteiger charge is -2.09. The van der Waals surface area contributed by atoms with Crippen molar-refractivity contribution in [2.24, 2.45) is 5.73 Å². The first-order chi connectivity index (χ1) is 8.58. The lowest BCUT2D eigenvalue weighted by atomic mass is 10.2. The van der Waals surface area contributed by atoms with Crippen LogP contribution in [0.4, 0.5) is 0 Å². The van der Waals surface area contributed by atoms with E-state index in [1.165, 1.54) is 0 Å². The number of rotatable bonds is 3. The van der Waals surface area contributed by atoms with Crippen molar-refractivity contribution in [2.75, 3.05) is 0 Å². The van der Waals surface area contributed by atoms with Crippen molar-refractivity contribution in [1.82, 2.24) is 4.98 Å². The number of pyridine rings is 1. The van der Waals surface area contributed by atoms with Gasteiger partial charge in [0, 0.05) is 6.04 Å². The highest BCUT2D eigenvalue weighted by Crippen LogP contribution is 2.34. The van der Waals surface area contributed by atoms with Gasteiger partial charge in [-0.2, -0.15) is 0 Å². The van der Waals surface area contributed by atoms with E-state index in [0.717, 1.165) is 5.69 Å². The second-order valence-electron chi connectivity index (χ2n) is 3.86. The summed E-state index contributed by atoms with van der Waals surface area (Å²) in [5.74, 6) is 1.09. The molecule has 0 aliphatic carbocycles. The fraction of sp³-hybridized carbons (Fsp3) is 0.154. The molecule has 0 spiro atoms. The first-order valence-corrected chi connectivity index (χ1v) is 6.17. The van der Waals surface area contributed by atoms with Crippen molar-refractivity contribution in [1.29, 1.82) is 0 Å². The number of hydrogen-bond acceptors (Lipinski definition) is 3. The molecule has 0 saturated carbocycles. The van der Waals surface area contributed by atoms with E-state index in [1.54, 1.807) is 30.5 Å². The summed E-state index contributed by atoms with van der Waals surface area (Å²) in [6, 6.07) is 8.73. The maximum absolute atomic E-state index is 6.03. The molecule has 0 radical (unpaired) electrons. The van der Waals surface area contributed by atoms with Crippen LogP contribution in [0.5, 0.6) is 11.5 Å². The van der Waals surface area contributed by atoms with E-state index in [4.69, 9.17) is 33.7 Å². The van der Waals surface area contributed by atoms with Crippen LogP contribution >= 0.6 is 23.2 Å². The van der Waals surface area contributed by atoms with Crippen LogP contribution in [-0.2, 0) is 0 Å². The third-order valence-electron chi connectivity index (χ3n) is 2.37. The molecule has 0 aliphatic heterocycles. The number of ether oxygens (including phenoxy) is 1. The fourth-order valence-electron chi connectivity index (χ4n) is 1.41. The van der Waals surface area contributed by atoms with Crippen LogP contribution in [0.1, 0.15) is 18.7 Å². The average Bonchev–Trinajstić information content (AvgIpc) is 2.36. The minimum Gasteiger partial charge on any atom is -0.454 e. The highest BCUT2D eigenvalue weighted by atomic mass is 35.5. The summed E-state index contributed by atoms with van der Waals surface area (Å²) in [6.45, 7) is 1.87. The number of aromatic nitrogens is 1. The van der Waals surface area contributed by atoms with Gasteiger partial charge in [-0.25, -0.2) is 0 Å². The Labute approximate surface area is 115 Å². The van der Waals surface area contributed by atoms with E-state index in [2.05, 4.69) is 4.98 Å². The number of nitrogens with two attached hydrogens (primary N) is 1. The molecule has 3 nitrogen and oxygen atoms in total. The van der Waals surface area contributed by atoms with Crippen molar-refractivity contribution in [2.45, 2.75) is 13.0 Å². The molecule has 18 heavy (non-hydrogen) atoms. The molecule has 0 saturated heterocycles. The van der Waals surface area contributed by atoms with E-state index in [0.29, 0.717) is 21.5 Å². The molecule has 1 aromatic carbocycles. The largest absolute Gasteiger partial charge is 0.454 e. The van der Waals surface area contributed by atoms with Crippen LogP contribution in [0.15, 0.2) is 36.5 Å². The van der Waals surface area contributed by atoms with Gasteiger partial charge >= 0.3 is 0 Å². The Morgan fingerprint density at radius 3 is 2.61 bits per heavy atom. The normalized spacial score (nSPS) is 12.2. The average molecular weight is 283 g/mol. The molecule has 0 amide bonds. The van der Waals surface area contributed by atoms with Gasteiger partial charge < -0.3 is 10.5 Å². The first-order valence-electron chi connectivity index (χ1n) is 5.41. The zero-order chi connectivity index (χ0) is 13.1. The summed E-state index contributed by atoms with van der Waals surface area (Å²) in [4.78, 5) is 4.20. The van der Waals surface area contributed by atoms with Gasteiger partial charge in [0.25, 0.3) is 0 Å². The minimum absolute atomic E-state index is 0.103. The van der Waals surface area contributed by atoms with Gasteiger partial charge in [-0.15, -0.1) is 0 Å². The predicted octanol–water partition coefficient (Wildman–Crippen LogP) is 4.20. The molecule has 94 valence electrons. The molecule has 0 aliphatic rings. The number of halogens is 2. The van der Waals surface area contributed by atoms with Crippen LogP contribution in [0.3, 0.4) is 0 Å². The molecule has 1 heterocycles. The third kappa shape index (κ3) is 2.93. The zero-order valence-electron chi connectivity index (χ0n) is 9.73. The Balaban J connectivity index is 2.21. The molecule has 0 fully saturated rings. The van der Waals surface area contributed by atoms with E-state index in [9.17, 15) is 0 Å². The maximum Gasteiger partial charge on any atom is 0.147 e. The van der Waals surface area contributed by atoms with Gasteiger partial charge in [0.1, 0.15) is 16.5 Å². The van der Waals surface area contributed by atoms with Crippen molar-refractivity contribution < 1.29 is 4.74 Å². The van der Waals surface area contributed by atoms with Gasteiger partial charge in [0.15, 0.2) is 0 Å². The minimum atomic E-state index is -0.103. The predicted molar refractivity (Wildman–Crippen MR) is 73.4 cm³/mol.